The molecule has 0 aromatic heterocycles. The monoisotopic (exact) mass is 232 g/mol. The first-order valence-electron chi connectivity index (χ1n) is 6.30. The lowest BCUT2D eigenvalue weighted by molar-refractivity contribution is 0.476. The number of amidine groups is 1. The summed E-state index contributed by atoms with van der Waals surface area (Å²) in [6, 6.07) is 10.5. The second-order valence-electron chi connectivity index (χ2n) is 5.49. The molecule has 0 heterocycles. The van der Waals surface area contributed by atoms with Crippen LogP contribution in [0.25, 0.3) is 0 Å². The Morgan fingerprint density at radius 3 is 2.35 bits per heavy atom. The van der Waals surface area contributed by atoms with Gasteiger partial charge in [0.1, 0.15) is 0 Å². The van der Waals surface area contributed by atoms with E-state index >= 15 is 0 Å². The second-order valence-corrected chi connectivity index (χ2v) is 5.49. The van der Waals surface area contributed by atoms with Crippen molar-refractivity contribution < 1.29 is 0 Å². The molecule has 0 saturated heterocycles. The Hall–Kier alpha value is -1.31. The first kappa shape index (κ1) is 13.8. The highest BCUT2D eigenvalue weighted by molar-refractivity contribution is 5.82. The number of hydrogen-bond acceptors (Lipinski definition) is 1. The Kier molecular flexibility index (Phi) is 4.73. The number of benzene rings is 1. The van der Waals surface area contributed by atoms with Crippen molar-refractivity contribution in [2.45, 2.75) is 46.1 Å². The Labute approximate surface area is 105 Å². The van der Waals surface area contributed by atoms with Crippen LogP contribution in [0.3, 0.4) is 0 Å². The number of aliphatic imine (C=N–C) groups is 1. The summed E-state index contributed by atoms with van der Waals surface area (Å²) >= 11 is 0. The first-order chi connectivity index (χ1) is 7.91. The topological polar surface area (TPSA) is 38.4 Å². The van der Waals surface area contributed by atoms with Gasteiger partial charge < -0.3 is 5.73 Å². The molecule has 0 aliphatic rings. The summed E-state index contributed by atoms with van der Waals surface area (Å²) in [6.45, 7) is 8.44. The van der Waals surface area contributed by atoms with E-state index in [1.165, 1.54) is 5.56 Å². The van der Waals surface area contributed by atoms with Gasteiger partial charge in [-0.25, -0.2) is 0 Å². The third-order valence-electron chi connectivity index (χ3n) is 2.89. The summed E-state index contributed by atoms with van der Waals surface area (Å²) in [6.07, 6.45) is 2.06. The third kappa shape index (κ3) is 5.03. The molecule has 0 aliphatic heterocycles. The summed E-state index contributed by atoms with van der Waals surface area (Å²) in [5.74, 6) is 1.08. The molecule has 0 unspecified atom stereocenters. The van der Waals surface area contributed by atoms with E-state index in [2.05, 4.69) is 57.0 Å². The zero-order valence-electron chi connectivity index (χ0n) is 11.4. The molecule has 0 atom stereocenters. The van der Waals surface area contributed by atoms with Crippen LogP contribution in [0.5, 0.6) is 0 Å². The highest BCUT2D eigenvalue weighted by Gasteiger charge is 2.17. The van der Waals surface area contributed by atoms with Gasteiger partial charge in [0, 0.05) is 5.92 Å². The Morgan fingerprint density at radius 2 is 1.82 bits per heavy atom. The molecule has 0 saturated carbocycles. The maximum Gasteiger partial charge on any atom is 0.0969 e. The van der Waals surface area contributed by atoms with Crippen LogP contribution in [-0.2, 0) is 6.42 Å². The normalized spacial score (nSPS) is 13.1. The molecule has 0 radical (unpaired) electrons. The van der Waals surface area contributed by atoms with Crippen LogP contribution >= 0.6 is 0 Å². The summed E-state index contributed by atoms with van der Waals surface area (Å²) in [5.41, 5.74) is 7.20. The molecule has 2 heteroatoms. The smallest absolute Gasteiger partial charge is 0.0969 e. The quantitative estimate of drug-likeness (QED) is 0.613. The average Bonchev–Trinajstić information content (AvgIpc) is 2.27. The molecule has 1 aromatic carbocycles. The van der Waals surface area contributed by atoms with E-state index in [9.17, 15) is 0 Å². The molecular weight excluding hydrogens is 208 g/mol. The molecule has 1 aromatic rings. The van der Waals surface area contributed by atoms with Crippen molar-refractivity contribution in [3.63, 3.8) is 0 Å². The molecule has 0 fully saturated rings. The number of nitrogens with two attached hydrogens (primary N) is 1. The van der Waals surface area contributed by atoms with Crippen molar-refractivity contribution in [1.29, 1.82) is 0 Å². The molecule has 17 heavy (non-hydrogen) atoms. The summed E-state index contributed by atoms with van der Waals surface area (Å²) in [5, 5.41) is 0. The fourth-order valence-electron chi connectivity index (χ4n) is 1.63. The molecular formula is C15H24N2. The Bertz CT molecular complexity index is 364. The second kappa shape index (κ2) is 5.85. The van der Waals surface area contributed by atoms with Gasteiger partial charge in [0.05, 0.1) is 11.4 Å². The number of rotatable bonds is 5. The first-order valence-corrected chi connectivity index (χ1v) is 6.30. The highest BCUT2D eigenvalue weighted by Crippen LogP contribution is 2.18. The zero-order valence-corrected chi connectivity index (χ0v) is 11.4. The number of hydrogen-bond donors (Lipinski definition) is 1. The summed E-state index contributed by atoms with van der Waals surface area (Å²) in [7, 11) is 0. The van der Waals surface area contributed by atoms with Gasteiger partial charge in [-0.1, -0.05) is 44.2 Å². The molecule has 0 amide bonds. The molecule has 94 valence electrons. The fourth-order valence-corrected chi connectivity index (χ4v) is 1.63. The fraction of sp³-hybridized carbons (Fsp3) is 0.533. The minimum atomic E-state index is -0.0792. The summed E-state index contributed by atoms with van der Waals surface area (Å²) in [4.78, 5) is 4.62. The largest absolute Gasteiger partial charge is 0.387 e. The predicted molar refractivity (Wildman–Crippen MR) is 75.3 cm³/mol. The van der Waals surface area contributed by atoms with Crippen LogP contribution in [0.2, 0.25) is 0 Å². The average molecular weight is 232 g/mol. The van der Waals surface area contributed by atoms with Crippen LogP contribution in [0.4, 0.5) is 0 Å². The van der Waals surface area contributed by atoms with Crippen LogP contribution < -0.4 is 5.73 Å². The van der Waals surface area contributed by atoms with E-state index in [-0.39, 0.29) is 5.54 Å². The molecule has 0 aliphatic carbocycles. The number of aryl methyl sites for hydroxylation is 1. The van der Waals surface area contributed by atoms with Crippen LogP contribution in [0, 0.1) is 5.92 Å². The standard InChI is InChI=1S/C15H24N2/c1-12(2)14(16)17-15(3,4)11-10-13-8-6-5-7-9-13/h5-9,12H,10-11H2,1-4H3,(H2,16,17). The van der Waals surface area contributed by atoms with Crippen LogP contribution in [0.15, 0.2) is 35.3 Å². The van der Waals surface area contributed by atoms with Gasteiger partial charge in [0.2, 0.25) is 0 Å². The van der Waals surface area contributed by atoms with Crippen LogP contribution in [-0.4, -0.2) is 11.4 Å². The lowest BCUT2D eigenvalue weighted by atomic mass is 9.95. The van der Waals surface area contributed by atoms with Gasteiger partial charge in [0.15, 0.2) is 0 Å². The van der Waals surface area contributed by atoms with E-state index < -0.39 is 0 Å². The lowest BCUT2D eigenvalue weighted by Gasteiger charge is -2.21. The minimum absolute atomic E-state index is 0.0792. The minimum Gasteiger partial charge on any atom is -0.387 e. The molecule has 0 bridgehead atoms. The molecule has 1 rings (SSSR count). The summed E-state index contributed by atoms with van der Waals surface area (Å²) < 4.78 is 0. The van der Waals surface area contributed by atoms with E-state index in [1.54, 1.807) is 0 Å². The predicted octanol–water partition coefficient (Wildman–Crippen LogP) is 3.41. The lowest BCUT2D eigenvalue weighted by Crippen LogP contribution is -2.27. The van der Waals surface area contributed by atoms with Gasteiger partial charge >= 0.3 is 0 Å². The van der Waals surface area contributed by atoms with Crippen LogP contribution in [0.1, 0.15) is 39.7 Å². The molecule has 2 nitrogen and oxygen atoms in total. The van der Waals surface area contributed by atoms with Gasteiger partial charge in [0.25, 0.3) is 0 Å². The van der Waals surface area contributed by atoms with Gasteiger partial charge in [-0.15, -0.1) is 0 Å². The van der Waals surface area contributed by atoms with Gasteiger partial charge in [-0.2, -0.15) is 0 Å². The SMILES string of the molecule is CC(C)C(N)=NC(C)(C)CCc1ccccc1. The zero-order chi connectivity index (χ0) is 12.9. The Morgan fingerprint density at radius 1 is 1.24 bits per heavy atom. The van der Waals surface area contributed by atoms with Crippen molar-refractivity contribution in [2.24, 2.45) is 16.6 Å². The van der Waals surface area contributed by atoms with Crippen molar-refractivity contribution in [3.8, 4) is 0 Å². The van der Waals surface area contributed by atoms with Crippen molar-refractivity contribution in [2.75, 3.05) is 0 Å². The van der Waals surface area contributed by atoms with E-state index in [1.807, 2.05) is 6.07 Å². The molecule has 0 spiro atoms. The molecule has 2 N–H and O–H groups in total. The van der Waals surface area contributed by atoms with E-state index in [0.29, 0.717) is 5.92 Å². The highest BCUT2D eigenvalue weighted by atomic mass is 14.9. The third-order valence-corrected chi connectivity index (χ3v) is 2.89. The van der Waals surface area contributed by atoms with Crippen molar-refractivity contribution >= 4 is 5.84 Å². The van der Waals surface area contributed by atoms with E-state index in [0.717, 1.165) is 18.7 Å². The van der Waals surface area contributed by atoms with Gasteiger partial charge in [-0.3, -0.25) is 4.99 Å². The number of nitrogens with zero attached hydrogens (tertiary/aromatic N) is 1. The maximum absolute atomic E-state index is 5.92. The maximum atomic E-state index is 5.92. The Balaban J connectivity index is 2.59. The van der Waals surface area contributed by atoms with Gasteiger partial charge in [-0.05, 0) is 32.3 Å². The van der Waals surface area contributed by atoms with Crippen molar-refractivity contribution in [1.82, 2.24) is 0 Å². The van der Waals surface area contributed by atoms with E-state index in [4.69, 9.17) is 5.73 Å². The van der Waals surface area contributed by atoms with Crippen molar-refractivity contribution in [3.05, 3.63) is 35.9 Å².